The van der Waals surface area contributed by atoms with Crippen molar-refractivity contribution in [3.63, 3.8) is 0 Å². The number of fused-ring (bicyclic) bond motifs is 1. The van der Waals surface area contributed by atoms with Crippen molar-refractivity contribution in [3.8, 4) is 0 Å². The molecule has 1 aliphatic carbocycles. The molecule has 2 atom stereocenters. The van der Waals surface area contributed by atoms with E-state index in [-0.39, 0.29) is 0 Å². The highest BCUT2D eigenvalue weighted by molar-refractivity contribution is 5.39. The first-order chi connectivity index (χ1) is 9.36. The van der Waals surface area contributed by atoms with Crippen molar-refractivity contribution in [2.75, 3.05) is 6.61 Å². The van der Waals surface area contributed by atoms with Crippen LogP contribution in [-0.2, 0) is 6.54 Å². The van der Waals surface area contributed by atoms with Gasteiger partial charge in [-0.25, -0.2) is 4.98 Å². The highest BCUT2D eigenvalue weighted by Crippen LogP contribution is 2.24. The van der Waals surface area contributed by atoms with Gasteiger partial charge in [-0.15, -0.1) is 0 Å². The van der Waals surface area contributed by atoms with Crippen molar-refractivity contribution in [1.29, 1.82) is 0 Å². The van der Waals surface area contributed by atoms with E-state index in [0.717, 1.165) is 24.3 Å². The van der Waals surface area contributed by atoms with E-state index < -0.39 is 0 Å². The lowest BCUT2D eigenvalue weighted by Crippen LogP contribution is -2.39. The van der Waals surface area contributed by atoms with Crippen LogP contribution >= 0.6 is 0 Å². The fraction of sp³-hybridized carbons (Fsp3) is 0.533. The summed E-state index contributed by atoms with van der Waals surface area (Å²) in [6.45, 7) is 1.08. The van der Waals surface area contributed by atoms with Gasteiger partial charge in [0.25, 0.3) is 0 Å². The van der Waals surface area contributed by atoms with Crippen LogP contribution < -0.4 is 5.32 Å². The van der Waals surface area contributed by atoms with Gasteiger partial charge in [-0.3, -0.25) is 0 Å². The molecular formula is C15H21N3O. The molecule has 2 aromatic rings. The highest BCUT2D eigenvalue weighted by atomic mass is 16.3. The lowest BCUT2D eigenvalue weighted by atomic mass is 9.85. The summed E-state index contributed by atoms with van der Waals surface area (Å²) in [6, 6.07) is 6.46. The normalized spacial score (nSPS) is 23.8. The Kier molecular flexibility index (Phi) is 3.80. The Labute approximate surface area is 113 Å². The summed E-state index contributed by atoms with van der Waals surface area (Å²) >= 11 is 0. The Bertz CT molecular complexity index is 504. The largest absolute Gasteiger partial charge is 0.396 e. The van der Waals surface area contributed by atoms with Crippen LogP contribution in [0.4, 0.5) is 0 Å². The molecule has 0 bridgehead atoms. The summed E-state index contributed by atoms with van der Waals surface area (Å²) in [4.78, 5) is 4.59. The smallest absolute Gasteiger partial charge is 0.137 e. The summed E-state index contributed by atoms with van der Waals surface area (Å²) in [5.74, 6) is 0.408. The molecule has 0 spiro atoms. The monoisotopic (exact) mass is 259 g/mol. The van der Waals surface area contributed by atoms with Crippen molar-refractivity contribution in [2.45, 2.75) is 38.3 Å². The van der Waals surface area contributed by atoms with Gasteiger partial charge in [0, 0.05) is 31.6 Å². The number of imidazole rings is 1. The molecule has 0 saturated heterocycles. The van der Waals surface area contributed by atoms with Gasteiger partial charge in [0.2, 0.25) is 0 Å². The van der Waals surface area contributed by atoms with Gasteiger partial charge in [-0.05, 0) is 30.9 Å². The lowest BCUT2D eigenvalue weighted by Gasteiger charge is -2.30. The molecule has 2 heterocycles. The molecule has 0 aliphatic heterocycles. The summed E-state index contributed by atoms with van der Waals surface area (Å²) in [7, 11) is 0. The molecule has 0 aromatic carbocycles. The molecule has 2 N–H and O–H groups in total. The second-order valence-electron chi connectivity index (χ2n) is 5.41. The van der Waals surface area contributed by atoms with Gasteiger partial charge in [0.05, 0.1) is 5.69 Å². The fourth-order valence-electron chi connectivity index (χ4n) is 3.00. The third-order valence-corrected chi connectivity index (χ3v) is 4.10. The molecule has 2 unspecified atom stereocenters. The third kappa shape index (κ3) is 2.80. The molecule has 4 nitrogen and oxygen atoms in total. The first-order valence-corrected chi connectivity index (χ1v) is 7.13. The Morgan fingerprint density at radius 1 is 1.32 bits per heavy atom. The summed E-state index contributed by atoms with van der Waals surface area (Å²) in [5, 5.41) is 13.0. The minimum Gasteiger partial charge on any atom is -0.396 e. The minimum atomic E-state index is 0.294. The molecular weight excluding hydrogens is 238 g/mol. The predicted molar refractivity (Wildman–Crippen MR) is 74.9 cm³/mol. The minimum absolute atomic E-state index is 0.294. The Balaban J connectivity index is 1.64. The second-order valence-corrected chi connectivity index (χ2v) is 5.41. The van der Waals surface area contributed by atoms with Crippen LogP contribution in [0, 0.1) is 5.92 Å². The summed E-state index contributed by atoms with van der Waals surface area (Å²) in [6.07, 6.45) is 8.90. The zero-order valence-corrected chi connectivity index (χ0v) is 11.1. The van der Waals surface area contributed by atoms with Gasteiger partial charge in [0.1, 0.15) is 5.65 Å². The van der Waals surface area contributed by atoms with Crippen LogP contribution in [0.5, 0.6) is 0 Å². The van der Waals surface area contributed by atoms with Crippen molar-refractivity contribution in [3.05, 3.63) is 36.3 Å². The van der Waals surface area contributed by atoms with Crippen LogP contribution in [0.2, 0.25) is 0 Å². The maximum atomic E-state index is 9.41. The molecule has 0 radical (unpaired) electrons. The predicted octanol–water partition coefficient (Wildman–Crippen LogP) is 1.98. The zero-order chi connectivity index (χ0) is 13.1. The first-order valence-electron chi connectivity index (χ1n) is 7.13. The number of hydrogen-bond donors (Lipinski definition) is 2. The summed E-state index contributed by atoms with van der Waals surface area (Å²) in [5.41, 5.74) is 2.05. The molecule has 1 saturated carbocycles. The van der Waals surface area contributed by atoms with E-state index in [0.29, 0.717) is 18.6 Å². The SMILES string of the molecule is OCC1CCCCC1NCc1cn2ccccc2n1. The molecule has 19 heavy (non-hydrogen) atoms. The number of hydrogen-bond acceptors (Lipinski definition) is 3. The third-order valence-electron chi connectivity index (χ3n) is 4.10. The van der Waals surface area contributed by atoms with Crippen molar-refractivity contribution in [1.82, 2.24) is 14.7 Å². The van der Waals surface area contributed by atoms with E-state index in [2.05, 4.69) is 16.5 Å². The zero-order valence-electron chi connectivity index (χ0n) is 11.1. The highest BCUT2D eigenvalue weighted by Gasteiger charge is 2.23. The number of nitrogens with one attached hydrogen (secondary N) is 1. The van der Waals surface area contributed by atoms with Crippen LogP contribution in [-0.4, -0.2) is 27.1 Å². The van der Waals surface area contributed by atoms with Gasteiger partial charge in [-0.2, -0.15) is 0 Å². The molecule has 3 rings (SSSR count). The van der Waals surface area contributed by atoms with E-state index in [1.54, 1.807) is 0 Å². The lowest BCUT2D eigenvalue weighted by molar-refractivity contribution is 0.152. The quantitative estimate of drug-likeness (QED) is 0.882. The first kappa shape index (κ1) is 12.6. The maximum Gasteiger partial charge on any atom is 0.137 e. The molecule has 1 fully saturated rings. The summed E-state index contributed by atoms with van der Waals surface area (Å²) < 4.78 is 2.04. The van der Waals surface area contributed by atoms with Crippen LogP contribution in [0.1, 0.15) is 31.4 Å². The topological polar surface area (TPSA) is 49.6 Å². The fourth-order valence-corrected chi connectivity index (χ4v) is 3.00. The molecule has 4 heteroatoms. The number of aliphatic hydroxyl groups excluding tert-OH is 1. The average Bonchev–Trinajstić information content (AvgIpc) is 2.88. The molecule has 2 aromatic heterocycles. The van der Waals surface area contributed by atoms with Gasteiger partial charge >= 0.3 is 0 Å². The maximum absolute atomic E-state index is 9.41. The Hall–Kier alpha value is -1.39. The number of aliphatic hydroxyl groups is 1. The Morgan fingerprint density at radius 2 is 2.21 bits per heavy atom. The van der Waals surface area contributed by atoms with E-state index in [9.17, 15) is 5.11 Å². The second kappa shape index (κ2) is 5.72. The number of nitrogens with zero attached hydrogens (tertiary/aromatic N) is 2. The van der Waals surface area contributed by atoms with Gasteiger partial charge in [-0.1, -0.05) is 18.9 Å². The van der Waals surface area contributed by atoms with E-state index in [4.69, 9.17) is 0 Å². The van der Waals surface area contributed by atoms with Crippen molar-refractivity contribution in [2.24, 2.45) is 5.92 Å². The van der Waals surface area contributed by atoms with E-state index in [1.165, 1.54) is 19.3 Å². The van der Waals surface area contributed by atoms with Gasteiger partial charge < -0.3 is 14.8 Å². The molecule has 102 valence electrons. The average molecular weight is 259 g/mol. The number of aromatic nitrogens is 2. The van der Waals surface area contributed by atoms with Crippen LogP contribution in [0.3, 0.4) is 0 Å². The standard InChI is InChI=1S/C15H21N3O/c19-11-12-5-1-2-6-14(12)16-9-13-10-18-8-4-3-7-15(18)17-13/h3-4,7-8,10,12,14,16,19H,1-2,5-6,9,11H2. The van der Waals surface area contributed by atoms with Gasteiger partial charge in [0.15, 0.2) is 0 Å². The van der Waals surface area contributed by atoms with Crippen LogP contribution in [0.25, 0.3) is 5.65 Å². The Morgan fingerprint density at radius 3 is 3.05 bits per heavy atom. The molecule has 1 aliphatic rings. The van der Waals surface area contributed by atoms with E-state index in [1.807, 2.05) is 28.8 Å². The van der Waals surface area contributed by atoms with E-state index >= 15 is 0 Å². The number of rotatable bonds is 4. The molecule has 0 amide bonds. The number of pyridine rings is 1. The van der Waals surface area contributed by atoms with Crippen molar-refractivity contribution < 1.29 is 5.11 Å². The van der Waals surface area contributed by atoms with Crippen LogP contribution in [0.15, 0.2) is 30.6 Å². The van der Waals surface area contributed by atoms with Crippen molar-refractivity contribution >= 4 is 5.65 Å².